The molecule has 0 bridgehead atoms. The summed E-state index contributed by atoms with van der Waals surface area (Å²) in [4.78, 5) is 11.9. The van der Waals surface area contributed by atoms with Crippen LogP contribution >= 0.6 is 23.2 Å². The van der Waals surface area contributed by atoms with E-state index >= 15 is 0 Å². The van der Waals surface area contributed by atoms with Gasteiger partial charge in [0.2, 0.25) is 0 Å². The predicted octanol–water partition coefficient (Wildman–Crippen LogP) is 4.30. The standard InChI is InChI=1S/C16H16Cl2N2O2/c1-15(2,3)22-14(21)8-16(9-19,10-20)7-11-4-5-12(17)13(18)6-11/h4-6H,7-8H2,1-3H3. The number of hydrogen-bond donors (Lipinski definition) is 0. The second-order valence-corrected chi connectivity index (χ2v) is 6.81. The molecule has 0 saturated heterocycles. The molecular formula is C16H16Cl2N2O2. The minimum atomic E-state index is -1.50. The Morgan fingerprint density at radius 3 is 2.23 bits per heavy atom. The molecule has 4 nitrogen and oxygen atoms in total. The molecule has 116 valence electrons. The third kappa shape index (κ3) is 5.22. The lowest BCUT2D eigenvalue weighted by Gasteiger charge is -2.23. The third-order valence-electron chi connectivity index (χ3n) is 2.78. The SMILES string of the molecule is CC(C)(C)OC(=O)CC(C#N)(C#N)Cc1ccc(Cl)c(Cl)c1. The lowest BCUT2D eigenvalue weighted by Crippen LogP contribution is -2.30. The number of carbonyl (C=O) groups is 1. The van der Waals surface area contributed by atoms with Crippen molar-refractivity contribution in [3.8, 4) is 12.1 Å². The van der Waals surface area contributed by atoms with E-state index in [2.05, 4.69) is 0 Å². The fourth-order valence-electron chi connectivity index (χ4n) is 1.87. The van der Waals surface area contributed by atoms with Gasteiger partial charge in [-0.1, -0.05) is 29.3 Å². The molecule has 6 heteroatoms. The summed E-state index contributed by atoms with van der Waals surface area (Å²) in [5, 5.41) is 19.5. The Morgan fingerprint density at radius 2 is 1.77 bits per heavy atom. The van der Waals surface area contributed by atoms with Crippen molar-refractivity contribution >= 4 is 29.2 Å². The van der Waals surface area contributed by atoms with E-state index in [-0.39, 0.29) is 12.8 Å². The summed E-state index contributed by atoms with van der Waals surface area (Å²) < 4.78 is 5.19. The monoisotopic (exact) mass is 338 g/mol. The predicted molar refractivity (Wildman–Crippen MR) is 84.3 cm³/mol. The number of carbonyl (C=O) groups excluding carboxylic acids is 1. The molecule has 0 N–H and O–H groups in total. The number of ether oxygens (including phenoxy) is 1. The zero-order valence-corrected chi connectivity index (χ0v) is 14.1. The van der Waals surface area contributed by atoms with Gasteiger partial charge in [0.05, 0.1) is 28.6 Å². The first-order valence-electron chi connectivity index (χ1n) is 6.59. The highest BCUT2D eigenvalue weighted by atomic mass is 35.5. The van der Waals surface area contributed by atoms with Gasteiger partial charge in [0.1, 0.15) is 5.60 Å². The van der Waals surface area contributed by atoms with Crippen molar-refractivity contribution in [1.29, 1.82) is 10.5 Å². The Balaban J connectivity index is 2.97. The minimum Gasteiger partial charge on any atom is -0.460 e. The molecule has 1 aromatic carbocycles. The van der Waals surface area contributed by atoms with Crippen LogP contribution in [0.3, 0.4) is 0 Å². The molecule has 22 heavy (non-hydrogen) atoms. The van der Waals surface area contributed by atoms with Gasteiger partial charge in [-0.25, -0.2) is 0 Å². The normalized spacial score (nSPS) is 11.4. The van der Waals surface area contributed by atoms with E-state index in [1.165, 1.54) is 0 Å². The van der Waals surface area contributed by atoms with Gasteiger partial charge < -0.3 is 4.74 Å². The van der Waals surface area contributed by atoms with Gasteiger partial charge in [0, 0.05) is 6.42 Å². The molecule has 0 aromatic heterocycles. The smallest absolute Gasteiger partial charge is 0.309 e. The molecule has 0 heterocycles. The van der Waals surface area contributed by atoms with Gasteiger partial charge in [0.15, 0.2) is 5.41 Å². The molecule has 0 aliphatic heterocycles. The van der Waals surface area contributed by atoms with Crippen molar-refractivity contribution < 1.29 is 9.53 Å². The summed E-state index contributed by atoms with van der Waals surface area (Å²) in [6.07, 6.45) is -0.242. The second-order valence-electron chi connectivity index (χ2n) is 5.99. The summed E-state index contributed by atoms with van der Waals surface area (Å²) in [6, 6.07) is 8.70. The number of rotatable bonds is 4. The van der Waals surface area contributed by atoms with E-state index in [0.29, 0.717) is 15.6 Å². The van der Waals surface area contributed by atoms with Crippen LogP contribution in [0.2, 0.25) is 10.0 Å². The number of nitrogens with zero attached hydrogens (tertiary/aromatic N) is 2. The first-order valence-corrected chi connectivity index (χ1v) is 7.35. The maximum atomic E-state index is 11.9. The Labute approximate surface area is 140 Å². The van der Waals surface area contributed by atoms with E-state index in [4.69, 9.17) is 27.9 Å². The van der Waals surface area contributed by atoms with Gasteiger partial charge in [-0.2, -0.15) is 10.5 Å². The Morgan fingerprint density at radius 1 is 1.18 bits per heavy atom. The molecule has 1 aromatic rings. The van der Waals surface area contributed by atoms with E-state index in [1.54, 1.807) is 39.0 Å². The first-order chi connectivity index (χ1) is 10.1. The highest BCUT2D eigenvalue weighted by Crippen LogP contribution is 2.30. The molecule has 0 spiro atoms. The number of nitriles is 2. The van der Waals surface area contributed by atoms with E-state index in [1.807, 2.05) is 12.1 Å². The highest BCUT2D eigenvalue weighted by molar-refractivity contribution is 6.42. The van der Waals surface area contributed by atoms with Crippen molar-refractivity contribution in [1.82, 2.24) is 0 Å². The van der Waals surface area contributed by atoms with Crippen molar-refractivity contribution in [3.05, 3.63) is 33.8 Å². The Bertz CT molecular complexity index is 638. The largest absolute Gasteiger partial charge is 0.460 e. The van der Waals surface area contributed by atoms with E-state index < -0.39 is 17.0 Å². The second kappa shape index (κ2) is 7.01. The zero-order chi connectivity index (χ0) is 17.0. The van der Waals surface area contributed by atoms with Crippen LogP contribution in [0.15, 0.2) is 18.2 Å². The Kier molecular flexibility index (Phi) is 5.83. The maximum Gasteiger partial charge on any atom is 0.309 e. The van der Waals surface area contributed by atoms with Crippen LogP contribution in [0.1, 0.15) is 32.8 Å². The number of halogens is 2. The highest BCUT2D eigenvalue weighted by Gasteiger charge is 2.35. The van der Waals surface area contributed by atoms with Gasteiger partial charge in [-0.15, -0.1) is 0 Å². The summed E-state index contributed by atoms with van der Waals surface area (Å²) in [7, 11) is 0. The van der Waals surface area contributed by atoms with Gasteiger partial charge >= 0.3 is 5.97 Å². The molecule has 0 saturated carbocycles. The number of esters is 1. The molecule has 0 unspecified atom stereocenters. The summed E-state index contributed by atoms with van der Waals surface area (Å²) in [5.41, 5.74) is -1.52. The van der Waals surface area contributed by atoms with Crippen molar-refractivity contribution in [2.75, 3.05) is 0 Å². The van der Waals surface area contributed by atoms with Crippen LogP contribution in [0, 0.1) is 28.1 Å². The fourth-order valence-corrected chi connectivity index (χ4v) is 2.19. The Hall–Kier alpha value is -1.75. The quantitative estimate of drug-likeness (QED) is 0.767. The first kappa shape index (κ1) is 18.3. The number of benzene rings is 1. The molecule has 0 atom stereocenters. The van der Waals surface area contributed by atoms with Crippen molar-refractivity contribution in [2.24, 2.45) is 5.41 Å². The summed E-state index contributed by atoms with van der Waals surface area (Å²) in [5.74, 6) is -0.587. The fraction of sp³-hybridized carbons (Fsp3) is 0.438. The van der Waals surface area contributed by atoms with Crippen LogP contribution in [0.25, 0.3) is 0 Å². The van der Waals surface area contributed by atoms with Crippen LogP contribution < -0.4 is 0 Å². The van der Waals surface area contributed by atoms with Gasteiger partial charge in [-0.3, -0.25) is 4.79 Å². The lowest BCUT2D eigenvalue weighted by atomic mass is 9.81. The molecule has 0 fully saturated rings. The van der Waals surface area contributed by atoms with Gasteiger partial charge in [-0.05, 0) is 38.5 Å². The van der Waals surface area contributed by atoms with Crippen LogP contribution in [-0.4, -0.2) is 11.6 Å². The summed E-state index contributed by atoms with van der Waals surface area (Å²) >= 11 is 11.8. The molecule has 0 aliphatic carbocycles. The molecule has 0 radical (unpaired) electrons. The van der Waals surface area contributed by atoms with Crippen LogP contribution in [0.5, 0.6) is 0 Å². The topological polar surface area (TPSA) is 73.9 Å². The lowest BCUT2D eigenvalue weighted by molar-refractivity contribution is -0.156. The van der Waals surface area contributed by atoms with Crippen molar-refractivity contribution in [2.45, 2.75) is 39.2 Å². The van der Waals surface area contributed by atoms with Crippen LogP contribution in [-0.2, 0) is 16.0 Å². The van der Waals surface area contributed by atoms with E-state index in [0.717, 1.165) is 0 Å². The molecule has 0 amide bonds. The average molecular weight is 339 g/mol. The van der Waals surface area contributed by atoms with E-state index in [9.17, 15) is 15.3 Å². The molecular weight excluding hydrogens is 323 g/mol. The van der Waals surface area contributed by atoms with Crippen LogP contribution in [0.4, 0.5) is 0 Å². The maximum absolute atomic E-state index is 11.9. The molecule has 0 aliphatic rings. The average Bonchev–Trinajstić information content (AvgIpc) is 2.40. The summed E-state index contributed by atoms with van der Waals surface area (Å²) in [6.45, 7) is 5.18. The zero-order valence-electron chi connectivity index (χ0n) is 12.6. The molecule has 1 rings (SSSR count). The van der Waals surface area contributed by atoms with Gasteiger partial charge in [0.25, 0.3) is 0 Å². The minimum absolute atomic E-state index is 0.0656. The van der Waals surface area contributed by atoms with Crippen molar-refractivity contribution in [3.63, 3.8) is 0 Å². The number of hydrogen-bond acceptors (Lipinski definition) is 4. The third-order valence-corrected chi connectivity index (χ3v) is 3.52.